The molecule has 0 saturated heterocycles. The van der Waals surface area contributed by atoms with Gasteiger partial charge in [-0.25, -0.2) is 4.98 Å². The molecule has 15 heavy (non-hydrogen) atoms. The van der Waals surface area contributed by atoms with Gasteiger partial charge >= 0.3 is 0 Å². The Balaban J connectivity index is 2.52. The van der Waals surface area contributed by atoms with Gasteiger partial charge in [-0.2, -0.15) is 0 Å². The number of thiazole rings is 1. The summed E-state index contributed by atoms with van der Waals surface area (Å²) >= 11 is 1.87. The van der Waals surface area contributed by atoms with E-state index in [-0.39, 0.29) is 0 Å². The highest BCUT2D eigenvalue weighted by Gasteiger charge is 2.07. The molecule has 0 fully saturated rings. The van der Waals surface area contributed by atoms with E-state index in [1.807, 2.05) is 11.3 Å². The molecule has 1 heterocycles. The smallest absolute Gasteiger partial charge is 0.0931 e. The third-order valence-electron chi connectivity index (χ3n) is 2.41. The Hall–Kier alpha value is -0.410. The summed E-state index contributed by atoms with van der Waals surface area (Å²) in [6.07, 6.45) is 2.38. The van der Waals surface area contributed by atoms with E-state index in [0.29, 0.717) is 0 Å². The van der Waals surface area contributed by atoms with Gasteiger partial charge in [-0.05, 0) is 32.2 Å². The molecule has 1 rings (SSSR count). The second-order valence-corrected chi connectivity index (χ2v) is 5.50. The van der Waals surface area contributed by atoms with Gasteiger partial charge in [0.1, 0.15) is 0 Å². The lowest BCUT2D eigenvalue weighted by molar-refractivity contribution is 0.585. The van der Waals surface area contributed by atoms with Crippen molar-refractivity contribution in [3.05, 3.63) is 15.6 Å². The van der Waals surface area contributed by atoms with Crippen molar-refractivity contribution in [2.75, 3.05) is 6.54 Å². The average Bonchev–Trinajstić information content (AvgIpc) is 2.53. The van der Waals surface area contributed by atoms with Crippen LogP contribution in [0.2, 0.25) is 0 Å². The van der Waals surface area contributed by atoms with Gasteiger partial charge in [0, 0.05) is 11.4 Å². The molecular formula is C12H22N2S. The first-order chi connectivity index (χ1) is 7.13. The minimum atomic E-state index is 0.770. The van der Waals surface area contributed by atoms with Crippen molar-refractivity contribution in [3.8, 4) is 0 Å². The summed E-state index contributed by atoms with van der Waals surface area (Å²) in [6.45, 7) is 10.8. The lowest BCUT2D eigenvalue weighted by Crippen LogP contribution is -2.11. The maximum absolute atomic E-state index is 4.61. The molecule has 0 atom stereocenters. The van der Waals surface area contributed by atoms with Crippen LogP contribution in [-0.2, 0) is 13.0 Å². The van der Waals surface area contributed by atoms with Crippen molar-refractivity contribution in [1.29, 1.82) is 0 Å². The van der Waals surface area contributed by atoms with Gasteiger partial charge in [0.05, 0.1) is 10.7 Å². The molecule has 86 valence electrons. The van der Waals surface area contributed by atoms with Crippen molar-refractivity contribution in [3.63, 3.8) is 0 Å². The third-order valence-corrected chi connectivity index (χ3v) is 3.63. The van der Waals surface area contributed by atoms with Crippen molar-refractivity contribution in [2.24, 2.45) is 5.92 Å². The molecule has 1 aromatic heterocycles. The van der Waals surface area contributed by atoms with Crippen molar-refractivity contribution >= 4 is 11.3 Å². The second kappa shape index (κ2) is 6.23. The first-order valence-corrected chi connectivity index (χ1v) is 6.61. The summed E-state index contributed by atoms with van der Waals surface area (Å²) in [6, 6.07) is 0. The van der Waals surface area contributed by atoms with Crippen LogP contribution in [0.1, 0.15) is 42.8 Å². The van der Waals surface area contributed by atoms with E-state index < -0.39 is 0 Å². The number of hydrogen-bond acceptors (Lipinski definition) is 3. The summed E-state index contributed by atoms with van der Waals surface area (Å²) < 4.78 is 0. The molecule has 0 unspecified atom stereocenters. The van der Waals surface area contributed by atoms with Gasteiger partial charge in [0.15, 0.2) is 0 Å². The fraction of sp³-hybridized carbons (Fsp3) is 0.750. The van der Waals surface area contributed by atoms with Crippen LogP contribution in [0.15, 0.2) is 0 Å². The van der Waals surface area contributed by atoms with Gasteiger partial charge in [-0.3, -0.25) is 0 Å². The Bertz CT molecular complexity index is 292. The summed E-state index contributed by atoms with van der Waals surface area (Å²) in [4.78, 5) is 6.01. The summed E-state index contributed by atoms with van der Waals surface area (Å²) in [5, 5.41) is 4.65. The lowest BCUT2D eigenvalue weighted by Gasteiger charge is -2.00. The van der Waals surface area contributed by atoms with Crippen LogP contribution in [0.4, 0.5) is 0 Å². The van der Waals surface area contributed by atoms with Crippen LogP contribution >= 0.6 is 11.3 Å². The number of nitrogens with zero attached hydrogens (tertiary/aromatic N) is 1. The maximum Gasteiger partial charge on any atom is 0.0931 e. The quantitative estimate of drug-likeness (QED) is 0.806. The predicted molar refractivity (Wildman–Crippen MR) is 67.4 cm³/mol. The summed E-state index contributed by atoms with van der Waals surface area (Å²) in [5.41, 5.74) is 1.21. The molecule has 3 heteroatoms. The van der Waals surface area contributed by atoms with E-state index in [1.165, 1.54) is 22.0 Å². The fourth-order valence-electron chi connectivity index (χ4n) is 1.41. The highest BCUT2D eigenvalue weighted by Crippen LogP contribution is 2.20. The third kappa shape index (κ3) is 4.31. The molecule has 2 nitrogen and oxygen atoms in total. The van der Waals surface area contributed by atoms with E-state index in [9.17, 15) is 0 Å². The van der Waals surface area contributed by atoms with Crippen LogP contribution in [0.25, 0.3) is 0 Å². The predicted octanol–water partition coefficient (Wildman–Crippen LogP) is 3.15. The minimum absolute atomic E-state index is 0.770. The van der Waals surface area contributed by atoms with Gasteiger partial charge in [-0.1, -0.05) is 20.8 Å². The number of aromatic nitrogens is 1. The molecule has 0 bridgehead atoms. The Labute approximate surface area is 97.1 Å². The Morgan fingerprint density at radius 1 is 1.40 bits per heavy atom. The molecule has 0 aliphatic heterocycles. The molecule has 0 spiro atoms. The normalized spacial score (nSPS) is 11.3. The first kappa shape index (κ1) is 12.7. The highest BCUT2D eigenvalue weighted by molar-refractivity contribution is 7.11. The SMILES string of the molecule is CCNCc1sc(CCC(C)C)nc1C. The molecule has 1 N–H and O–H groups in total. The standard InChI is InChI=1S/C12H22N2S/c1-5-13-8-11-10(4)14-12(15-11)7-6-9(2)3/h9,13H,5-8H2,1-4H3. The lowest BCUT2D eigenvalue weighted by atomic mass is 10.1. The topological polar surface area (TPSA) is 24.9 Å². The summed E-state index contributed by atoms with van der Waals surface area (Å²) in [5.74, 6) is 0.770. The zero-order chi connectivity index (χ0) is 11.3. The highest BCUT2D eigenvalue weighted by atomic mass is 32.1. The van der Waals surface area contributed by atoms with Gasteiger partial charge in [-0.15, -0.1) is 11.3 Å². The number of nitrogens with one attached hydrogen (secondary N) is 1. The summed E-state index contributed by atoms with van der Waals surface area (Å²) in [7, 11) is 0. The Morgan fingerprint density at radius 3 is 2.73 bits per heavy atom. The molecule has 0 aromatic carbocycles. The monoisotopic (exact) mass is 226 g/mol. The van der Waals surface area contributed by atoms with E-state index in [2.05, 4.69) is 38.0 Å². The maximum atomic E-state index is 4.61. The Kier molecular flexibility index (Phi) is 5.26. The minimum Gasteiger partial charge on any atom is -0.312 e. The molecular weight excluding hydrogens is 204 g/mol. The second-order valence-electron chi connectivity index (χ2n) is 4.33. The Morgan fingerprint density at radius 2 is 2.13 bits per heavy atom. The largest absolute Gasteiger partial charge is 0.312 e. The molecule has 0 aliphatic carbocycles. The molecule has 1 aromatic rings. The van der Waals surface area contributed by atoms with Crippen LogP contribution in [0.3, 0.4) is 0 Å². The molecule has 0 aliphatic rings. The van der Waals surface area contributed by atoms with E-state index >= 15 is 0 Å². The van der Waals surface area contributed by atoms with Crippen LogP contribution in [-0.4, -0.2) is 11.5 Å². The van der Waals surface area contributed by atoms with E-state index in [1.54, 1.807) is 0 Å². The van der Waals surface area contributed by atoms with E-state index in [4.69, 9.17) is 0 Å². The van der Waals surface area contributed by atoms with Gasteiger partial charge in [0.2, 0.25) is 0 Å². The molecule has 0 saturated carbocycles. The van der Waals surface area contributed by atoms with Gasteiger partial charge in [0.25, 0.3) is 0 Å². The molecule has 0 radical (unpaired) electrons. The number of rotatable bonds is 6. The number of hydrogen-bond donors (Lipinski definition) is 1. The first-order valence-electron chi connectivity index (χ1n) is 5.79. The van der Waals surface area contributed by atoms with Gasteiger partial charge < -0.3 is 5.32 Å². The number of aryl methyl sites for hydroxylation is 2. The zero-order valence-electron chi connectivity index (χ0n) is 10.3. The van der Waals surface area contributed by atoms with Crippen LogP contribution in [0, 0.1) is 12.8 Å². The average molecular weight is 226 g/mol. The molecule has 0 amide bonds. The van der Waals surface area contributed by atoms with Crippen molar-refractivity contribution in [1.82, 2.24) is 10.3 Å². The van der Waals surface area contributed by atoms with E-state index in [0.717, 1.165) is 25.4 Å². The van der Waals surface area contributed by atoms with Crippen molar-refractivity contribution in [2.45, 2.75) is 47.1 Å². The van der Waals surface area contributed by atoms with Crippen LogP contribution < -0.4 is 5.32 Å². The van der Waals surface area contributed by atoms with Crippen molar-refractivity contribution < 1.29 is 0 Å². The van der Waals surface area contributed by atoms with Crippen LogP contribution in [0.5, 0.6) is 0 Å². The zero-order valence-corrected chi connectivity index (χ0v) is 11.1. The fourth-order valence-corrected chi connectivity index (χ4v) is 2.46.